The molecule has 0 aliphatic heterocycles. The molecule has 3 heteroatoms. The normalized spacial score (nSPS) is 43.4. The molecule has 4 aliphatic carbocycles. The fourth-order valence-corrected chi connectivity index (χ4v) is 6.69. The summed E-state index contributed by atoms with van der Waals surface area (Å²) in [5.41, 5.74) is 0.0262. The van der Waals surface area contributed by atoms with Crippen LogP contribution in [0.15, 0.2) is 0 Å². The van der Waals surface area contributed by atoms with Crippen LogP contribution in [0, 0.1) is 17.3 Å². The lowest BCUT2D eigenvalue weighted by atomic mass is 9.46. The van der Waals surface area contributed by atoms with Crippen molar-refractivity contribution < 1.29 is 5.11 Å². The third kappa shape index (κ3) is 3.23. The van der Waals surface area contributed by atoms with Crippen LogP contribution in [0.4, 0.5) is 0 Å². The Hall–Kier alpha value is 0.270. The predicted molar refractivity (Wildman–Crippen MR) is 96.3 cm³/mol. The molecule has 0 saturated heterocycles. The van der Waals surface area contributed by atoms with E-state index in [-0.39, 0.29) is 5.60 Å². The highest BCUT2D eigenvalue weighted by Gasteiger charge is 2.58. The van der Waals surface area contributed by atoms with Gasteiger partial charge in [-0.1, -0.05) is 13.8 Å². The SMILES string of the molecule is CSC(C)(C)C[C@H](C)N[C@@H](C)C12C[C@H]3C[C@@H](CC(O)(C3)C1)C2. The summed E-state index contributed by atoms with van der Waals surface area (Å²) >= 11 is 1.96. The van der Waals surface area contributed by atoms with Gasteiger partial charge >= 0.3 is 0 Å². The summed E-state index contributed by atoms with van der Waals surface area (Å²) in [4.78, 5) is 0. The van der Waals surface area contributed by atoms with Crippen molar-refractivity contribution in [2.24, 2.45) is 17.3 Å². The van der Waals surface area contributed by atoms with Crippen LogP contribution >= 0.6 is 11.8 Å². The van der Waals surface area contributed by atoms with E-state index in [9.17, 15) is 5.11 Å². The Morgan fingerprint density at radius 1 is 1.18 bits per heavy atom. The monoisotopic (exact) mass is 325 g/mol. The lowest BCUT2D eigenvalue weighted by Crippen LogP contribution is -2.62. The van der Waals surface area contributed by atoms with Gasteiger partial charge in [-0.05, 0) is 82.3 Å². The number of nitrogens with one attached hydrogen (secondary N) is 1. The van der Waals surface area contributed by atoms with Crippen LogP contribution in [0.25, 0.3) is 0 Å². The highest BCUT2D eigenvalue weighted by Crippen LogP contribution is 2.62. The highest BCUT2D eigenvalue weighted by molar-refractivity contribution is 7.99. The molecule has 2 N–H and O–H groups in total. The van der Waals surface area contributed by atoms with Crippen molar-refractivity contribution in [3.8, 4) is 0 Å². The Morgan fingerprint density at radius 3 is 2.27 bits per heavy atom. The zero-order valence-electron chi connectivity index (χ0n) is 15.1. The summed E-state index contributed by atoms with van der Waals surface area (Å²) in [6.45, 7) is 9.41. The van der Waals surface area contributed by atoms with Crippen LogP contribution < -0.4 is 5.32 Å². The average molecular weight is 326 g/mol. The third-order valence-electron chi connectivity index (χ3n) is 6.88. The van der Waals surface area contributed by atoms with Crippen molar-refractivity contribution in [2.75, 3.05) is 6.26 Å². The van der Waals surface area contributed by atoms with Crippen molar-refractivity contribution in [1.29, 1.82) is 0 Å². The van der Waals surface area contributed by atoms with Crippen LogP contribution in [0.2, 0.25) is 0 Å². The van der Waals surface area contributed by atoms with E-state index in [1.165, 1.54) is 25.7 Å². The van der Waals surface area contributed by atoms with Crippen LogP contribution in [0.1, 0.15) is 72.6 Å². The number of hydrogen-bond acceptors (Lipinski definition) is 3. The minimum Gasteiger partial charge on any atom is -0.390 e. The summed E-state index contributed by atoms with van der Waals surface area (Å²) in [6, 6.07) is 1.07. The van der Waals surface area contributed by atoms with E-state index in [4.69, 9.17) is 0 Å². The molecule has 0 spiro atoms. The maximum absolute atomic E-state index is 10.9. The molecule has 0 unspecified atom stereocenters. The van der Waals surface area contributed by atoms with Crippen molar-refractivity contribution >= 4 is 11.8 Å². The second-order valence-corrected chi connectivity index (χ2v) is 11.0. The van der Waals surface area contributed by atoms with Gasteiger partial charge in [0.1, 0.15) is 0 Å². The van der Waals surface area contributed by atoms with Gasteiger partial charge in [-0.2, -0.15) is 11.8 Å². The number of aliphatic hydroxyl groups is 1. The summed E-state index contributed by atoms with van der Waals surface area (Å²) in [7, 11) is 0. The lowest BCUT2D eigenvalue weighted by Gasteiger charge is -2.62. The lowest BCUT2D eigenvalue weighted by molar-refractivity contribution is -0.172. The van der Waals surface area contributed by atoms with Crippen LogP contribution in [0.5, 0.6) is 0 Å². The van der Waals surface area contributed by atoms with Gasteiger partial charge in [0.15, 0.2) is 0 Å². The quantitative estimate of drug-likeness (QED) is 0.767. The van der Waals surface area contributed by atoms with Gasteiger partial charge in [0.05, 0.1) is 5.60 Å². The fraction of sp³-hybridized carbons (Fsp3) is 1.00. The van der Waals surface area contributed by atoms with Gasteiger partial charge < -0.3 is 10.4 Å². The molecule has 0 aromatic carbocycles. The molecule has 0 heterocycles. The predicted octanol–water partition coefficient (Wildman–Crippen LogP) is 4.22. The zero-order valence-corrected chi connectivity index (χ0v) is 15.9. The van der Waals surface area contributed by atoms with Crippen LogP contribution in [-0.2, 0) is 0 Å². The van der Waals surface area contributed by atoms with Crippen molar-refractivity contribution in [3.05, 3.63) is 0 Å². The summed E-state index contributed by atoms with van der Waals surface area (Å²) in [5, 5.41) is 14.9. The number of hydrogen-bond donors (Lipinski definition) is 2. The van der Waals surface area contributed by atoms with E-state index in [1.54, 1.807) is 0 Å². The second-order valence-electron chi connectivity index (χ2n) is 9.51. The smallest absolute Gasteiger partial charge is 0.0659 e. The van der Waals surface area contributed by atoms with Crippen LogP contribution in [0.3, 0.4) is 0 Å². The molecule has 4 saturated carbocycles. The number of thioether (sulfide) groups is 1. The van der Waals surface area contributed by atoms with Crippen molar-refractivity contribution in [3.63, 3.8) is 0 Å². The van der Waals surface area contributed by atoms with E-state index < -0.39 is 0 Å². The summed E-state index contributed by atoms with van der Waals surface area (Å²) in [5.74, 6) is 1.57. The van der Waals surface area contributed by atoms with E-state index in [0.29, 0.717) is 22.2 Å². The Kier molecular flexibility index (Phi) is 4.41. The van der Waals surface area contributed by atoms with Crippen molar-refractivity contribution in [1.82, 2.24) is 5.32 Å². The molecule has 4 atom stereocenters. The molecule has 4 aliphatic rings. The van der Waals surface area contributed by atoms with E-state index in [1.807, 2.05) is 11.8 Å². The highest BCUT2D eigenvalue weighted by atomic mass is 32.2. The third-order valence-corrected chi connectivity index (χ3v) is 8.15. The van der Waals surface area contributed by atoms with Gasteiger partial charge in [-0.25, -0.2) is 0 Å². The topological polar surface area (TPSA) is 32.3 Å². The molecule has 4 rings (SSSR count). The van der Waals surface area contributed by atoms with E-state index in [2.05, 4.69) is 39.3 Å². The van der Waals surface area contributed by atoms with Gasteiger partial charge in [0.25, 0.3) is 0 Å². The molecule has 0 aromatic rings. The summed E-state index contributed by atoms with van der Waals surface area (Å²) < 4.78 is 0.339. The molecular weight excluding hydrogens is 290 g/mol. The Labute approximate surface area is 141 Å². The Balaban J connectivity index is 1.66. The molecular formula is C19H35NOS. The molecule has 0 amide bonds. The zero-order chi connectivity index (χ0) is 16.2. The van der Waals surface area contributed by atoms with E-state index in [0.717, 1.165) is 31.1 Å². The molecule has 4 fully saturated rings. The molecule has 0 aromatic heterocycles. The molecule has 0 radical (unpaired) electrons. The van der Waals surface area contributed by atoms with Gasteiger partial charge in [-0.15, -0.1) is 0 Å². The Morgan fingerprint density at radius 2 is 1.77 bits per heavy atom. The van der Waals surface area contributed by atoms with Crippen LogP contribution in [-0.4, -0.2) is 33.8 Å². The van der Waals surface area contributed by atoms with Gasteiger partial charge in [-0.3, -0.25) is 0 Å². The maximum Gasteiger partial charge on any atom is 0.0659 e. The molecule has 2 nitrogen and oxygen atoms in total. The van der Waals surface area contributed by atoms with Gasteiger partial charge in [0.2, 0.25) is 0 Å². The molecule has 4 bridgehead atoms. The average Bonchev–Trinajstić information content (AvgIpc) is 2.34. The number of rotatable bonds is 6. The summed E-state index contributed by atoms with van der Waals surface area (Å²) in [6.07, 6.45) is 10.7. The maximum atomic E-state index is 10.9. The van der Waals surface area contributed by atoms with Gasteiger partial charge in [0, 0.05) is 16.8 Å². The fourth-order valence-electron chi connectivity index (χ4n) is 6.27. The largest absolute Gasteiger partial charge is 0.390 e. The molecule has 22 heavy (non-hydrogen) atoms. The first-order valence-corrected chi connectivity index (χ1v) is 10.4. The Bertz CT molecular complexity index is 408. The van der Waals surface area contributed by atoms with E-state index >= 15 is 0 Å². The van der Waals surface area contributed by atoms with Crippen molar-refractivity contribution in [2.45, 2.75) is 95.1 Å². The second kappa shape index (κ2) is 5.67. The minimum absolute atomic E-state index is 0.332. The first-order chi connectivity index (χ1) is 10.2. The first kappa shape index (κ1) is 17.1. The molecule has 128 valence electrons. The standard InChI is InChI=1S/C19H35NOS/c1-13(7-17(3,4)22-5)20-14(2)18-8-15-6-16(9-18)11-19(21,10-15)12-18/h13-16,20-21H,6-12H2,1-5H3/t13-,14-,15+,16+,18?,19?/m0/s1. The first-order valence-electron chi connectivity index (χ1n) is 9.19. The minimum atomic E-state index is -0.332.